The van der Waals surface area contributed by atoms with Crippen molar-refractivity contribution in [1.29, 1.82) is 5.26 Å². The molecule has 0 fully saturated rings. The molecule has 3 rings (SSSR count). The van der Waals surface area contributed by atoms with Gasteiger partial charge in [0.05, 0.1) is 7.14 Å². The van der Waals surface area contributed by atoms with Crippen molar-refractivity contribution >= 4 is 62.9 Å². The average molecular weight is 636 g/mol. The zero-order valence-corrected chi connectivity index (χ0v) is 20.8. The van der Waals surface area contributed by atoms with Crippen molar-refractivity contribution in [2.45, 2.75) is 13.5 Å². The highest BCUT2D eigenvalue weighted by Gasteiger charge is 2.13. The van der Waals surface area contributed by atoms with E-state index in [-0.39, 0.29) is 11.3 Å². The Labute approximate surface area is 208 Å². The number of phenols is 1. The van der Waals surface area contributed by atoms with E-state index in [2.05, 4.69) is 62.6 Å². The number of hydrogen-bond acceptors (Lipinski definition) is 4. The first-order valence-electron chi connectivity index (χ1n) is 9.25. The van der Waals surface area contributed by atoms with Gasteiger partial charge >= 0.3 is 0 Å². The van der Waals surface area contributed by atoms with E-state index in [9.17, 15) is 15.2 Å². The molecule has 0 spiro atoms. The molecule has 2 N–H and O–H groups in total. The Kier molecular flexibility index (Phi) is 7.92. The van der Waals surface area contributed by atoms with Crippen molar-refractivity contribution in [1.82, 2.24) is 0 Å². The molecule has 5 nitrogen and oxygen atoms in total. The van der Waals surface area contributed by atoms with Crippen LogP contribution in [0.15, 0.2) is 66.2 Å². The molecular weight excluding hydrogens is 618 g/mol. The maximum atomic E-state index is 12.5. The predicted molar refractivity (Wildman–Crippen MR) is 138 cm³/mol. The van der Waals surface area contributed by atoms with Crippen molar-refractivity contribution in [2.24, 2.45) is 0 Å². The van der Waals surface area contributed by atoms with Crippen molar-refractivity contribution in [3.05, 3.63) is 90.1 Å². The Morgan fingerprint density at radius 3 is 2.29 bits per heavy atom. The fourth-order valence-corrected chi connectivity index (χ4v) is 4.83. The molecule has 0 bridgehead atoms. The van der Waals surface area contributed by atoms with Gasteiger partial charge in [0.1, 0.15) is 29.7 Å². The number of ether oxygens (including phenoxy) is 1. The highest BCUT2D eigenvalue weighted by atomic mass is 127. The molecule has 0 atom stereocenters. The standard InChI is InChI=1S/C24H18I2N2O3/c1-15-2-4-16(5-3-15)14-31-23-21(25)11-17(12-22(23)26)10-18(13-27)24(30)28-19-6-8-20(29)9-7-19/h2-12,29H,14H2,1H3,(H,28,30)/b18-10+. The van der Waals surface area contributed by atoms with Gasteiger partial charge in [0.15, 0.2) is 0 Å². The number of aromatic hydroxyl groups is 1. The van der Waals surface area contributed by atoms with Gasteiger partial charge in [0.25, 0.3) is 5.91 Å². The zero-order chi connectivity index (χ0) is 22.4. The maximum absolute atomic E-state index is 12.5. The van der Waals surface area contributed by atoms with E-state index in [0.29, 0.717) is 12.3 Å². The van der Waals surface area contributed by atoms with Crippen LogP contribution in [0.5, 0.6) is 11.5 Å². The summed E-state index contributed by atoms with van der Waals surface area (Å²) in [6, 6.07) is 19.9. The minimum Gasteiger partial charge on any atom is -0.508 e. The van der Waals surface area contributed by atoms with Gasteiger partial charge in [0, 0.05) is 5.69 Å². The second-order valence-electron chi connectivity index (χ2n) is 6.76. The number of aryl methyl sites for hydroxylation is 1. The summed E-state index contributed by atoms with van der Waals surface area (Å²) >= 11 is 4.38. The molecule has 0 aromatic heterocycles. The van der Waals surface area contributed by atoms with E-state index in [1.54, 1.807) is 18.2 Å². The predicted octanol–water partition coefficient (Wildman–Crippen LogP) is 6.03. The first-order valence-corrected chi connectivity index (χ1v) is 11.4. The molecule has 0 radical (unpaired) electrons. The molecule has 1 amide bonds. The van der Waals surface area contributed by atoms with E-state index in [0.717, 1.165) is 24.0 Å². The van der Waals surface area contributed by atoms with Crippen LogP contribution < -0.4 is 10.1 Å². The van der Waals surface area contributed by atoms with E-state index in [1.165, 1.54) is 17.7 Å². The lowest BCUT2D eigenvalue weighted by molar-refractivity contribution is -0.112. The molecule has 0 aliphatic heterocycles. The van der Waals surface area contributed by atoms with Gasteiger partial charge in [-0.3, -0.25) is 4.79 Å². The highest BCUT2D eigenvalue weighted by Crippen LogP contribution is 2.30. The van der Waals surface area contributed by atoms with Crippen LogP contribution in [0.25, 0.3) is 6.08 Å². The van der Waals surface area contributed by atoms with E-state index < -0.39 is 5.91 Å². The number of halogens is 2. The lowest BCUT2D eigenvalue weighted by atomic mass is 10.1. The number of nitriles is 1. The van der Waals surface area contributed by atoms with Gasteiger partial charge in [-0.05, 0) is 106 Å². The number of carbonyl (C=O) groups is 1. The smallest absolute Gasteiger partial charge is 0.266 e. The number of hydrogen-bond donors (Lipinski definition) is 2. The van der Waals surface area contributed by atoms with Gasteiger partial charge in [-0.25, -0.2) is 0 Å². The quantitative estimate of drug-likeness (QED) is 0.150. The SMILES string of the molecule is Cc1ccc(COc2c(I)cc(/C=C(\C#N)C(=O)Nc3ccc(O)cc3)cc2I)cc1. The van der Waals surface area contributed by atoms with Gasteiger partial charge in [-0.2, -0.15) is 5.26 Å². The monoisotopic (exact) mass is 636 g/mol. The summed E-state index contributed by atoms with van der Waals surface area (Å²) in [5.74, 6) is 0.353. The molecule has 0 saturated carbocycles. The van der Waals surface area contributed by atoms with Crippen LogP contribution in [0.1, 0.15) is 16.7 Å². The summed E-state index contributed by atoms with van der Waals surface area (Å²) < 4.78 is 7.79. The van der Waals surface area contributed by atoms with Crippen molar-refractivity contribution in [3.8, 4) is 17.6 Å². The normalized spacial score (nSPS) is 11.0. The van der Waals surface area contributed by atoms with Gasteiger partial charge in [-0.1, -0.05) is 29.8 Å². The lowest BCUT2D eigenvalue weighted by Gasteiger charge is -2.12. The molecule has 3 aromatic carbocycles. The van der Waals surface area contributed by atoms with E-state index in [4.69, 9.17) is 4.74 Å². The molecular formula is C24H18I2N2O3. The first-order chi connectivity index (χ1) is 14.9. The summed E-state index contributed by atoms with van der Waals surface area (Å²) in [6.45, 7) is 2.50. The molecule has 0 aliphatic rings. The summed E-state index contributed by atoms with van der Waals surface area (Å²) in [6.07, 6.45) is 1.55. The molecule has 3 aromatic rings. The van der Waals surface area contributed by atoms with E-state index in [1.807, 2.05) is 37.3 Å². The number of anilines is 1. The summed E-state index contributed by atoms with van der Waals surface area (Å²) in [4.78, 5) is 12.5. The second kappa shape index (κ2) is 10.6. The number of phenolic OH excluding ortho intramolecular Hbond substituents is 1. The molecule has 7 heteroatoms. The van der Waals surface area contributed by atoms with Crippen LogP contribution >= 0.6 is 45.2 Å². The Morgan fingerprint density at radius 2 is 1.71 bits per heavy atom. The topological polar surface area (TPSA) is 82.3 Å². The first kappa shape index (κ1) is 23.1. The summed E-state index contributed by atoms with van der Waals surface area (Å²) in [5.41, 5.74) is 3.49. The summed E-state index contributed by atoms with van der Waals surface area (Å²) in [5, 5.41) is 21.5. The van der Waals surface area contributed by atoms with Crippen LogP contribution in [0.4, 0.5) is 5.69 Å². The van der Waals surface area contributed by atoms with Crippen molar-refractivity contribution in [2.75, 3.05) is 5.32 Å². The number of rotatable bonds is 6. The number of carbonyl (C=O) groups excluding carboxylic acids is 1. The highest BCUT2D eigenvalue weighted by molar-refractivity contribution is 14.1. The molecule has 0 unspecified atom stereocenters. The number of benzene rings is 3. The lowest BCUT2D eigenvalue weighted by Crippen LogP contribution is -2.13. The number of amides is 1. The van der Waals surface area contributed by atoms with Crippen LogP contribution in [-0.4, -0.2) is 11.0 Å². The van der Waals surface area contributed by atoms with Crippen molar-refractivity contribution in [3.63, 3.8) is 0 Å². The van der Waals surface area contributed by atoms with Crippen LogP contribution in [0, 0.1) is 25.4 Å². The molecule has 31 heavy (non-hydrogen) atoms. The third-order valence-electron chi connectivity index (χ3n) is 4.33. The molecule has 0 heterocycles. The Morgan fingerprint density at radius 1 is 1.10 bits per heavy atom. The van der Waals surface area contributed by atoms with Crippen LogP contribution in [0.3, 0.4) is 0 Å². The molecule has 0 aliphatic carbocycles. The molecule has 0 saturated heterocycles. The van der Waals surface area contributed by atoms with Gasteiger partial charge in [-0.15, -0.1) is 0 Å². The van der Waals surface area contributed by atoms with Crippen LogP contribution in [-0.2, 0) is 11.4 Å². The summed E-state index contributed by atoms with van der Waals surface area (Å²) in [7, 11) is 0. The van der Waals surface area contributed by atoms with Gasteiger partial charge in [0.2, 0.25) is 0 Å². The Bertz CT molecular complexity index is 1140. The fraction of sp³-hybridized carbons (Fsp3) is 0.0833. The van der Waals surface area contributed by atoms with Crippen molar-refractivity contribution < 1.29 is 14.6 Å². The number of nitrogens with zero attached hydrogens (tertiary/aromatic N) is 1. The average Bonchev–Trinajstić information content (AvgIpc) is 2.74. The third kappa shape index (κ3) is 6.45. The Balaban J connectivity index is 1.76. The van der Waals surface area contributed by atoms with Crippen LogP contribution in [0.2, 0.25) is 0 Å². The van der Waals surface area contributed by atoms with Gasteiger partial charge < -0.3 is 15.2 Å². The largest absolute Gasteiger partial charge is 0.508 e. The minimum absolute atomic E-state index is 0.0204. The third-order valence-corrected chi connectivity index (χ3v) is 5.93. The number of nitrogens with one attached hydrogen (secondary N) is 1. The minimum atomic E-state index is -0.516. The maximum Gasteiger partial charge on any atom is 0.266 e. The Hall–Kier alpha value is -2.58. The second-order valence-corrected chi connectivity index (χ2v) is 9.08. The molecule has 156 valence electrons. The fourth-order valence-electron chi connectivity index (χ4n) is 2.70. The zero-order valence-electron chi connectivity index (χ0n) is 16.5. The van der Waals surface area contributed by atoms with E-state index >= 15 is 0 Å².